The number of methoxy groups -OCH3 is 2. The second kappa shape index (κ2) is 8.46. The van der Waals surface area contributed by atoms with Crippen LogP contribution in [0.15, 0.2) is 54.2 Å². The molecule has 2 aromatic carbocycles. The van der Waals surface area contributed by atoms with Gasteiger partial charge in [-0.3, -0.25) is 9.59 Å². The predicted octanol–water partition coefficient (Wildman–Crippen LogP) is 3.97. The minimum atomic E-state index is -0.333. The summed E-state index contributed by atoms with van der Waals surface area (Å²) in [5.74, 6) is 1.49. The van der Waals surface area contributed by atoms with Gasteiger partial charge in [-0.15, -0.1) is 0 Å². The first kappa shape index (κ1) is 21.0. The lowest BCUT2D eigenvalue weighted by Crippen LogP contribution is -2.42. The number of imide groups is 1. The fourth-order valence-corrected chi connectivity index (χ4v) is 4.72. The van der Waals surface area contributed by atoms with E-state index in [0.717, 1.165) is 19.5 Å². The molecule has 2 atom stereocenters. The Morgan fingerprint density at radius 2 is 1.48 bits per heavy atom. The SMILES string of the molecule is COc1ccc(N2C(=O)C(c3ccccc3OC)=C(N3CC(C)CC(C)C3)C2=O)cc1. The maximum absolute atomic E-state index is 13.7. The van der Waals surface area contributed by atoms with Crippen molar-refractivity contribution in [2.45, 2.75) is 20.3 Å². The number of hydrogen-bond donors (Lipinski definition) is 0. The molecule has 2 amide bonds. The highest BCUT2D eigenvalue weighted by Crippen LogP contribution is 2.40. The monoisotopic (exact) mass is 420 g/mol. The quantitative estimate of drug-likeness (QED) is 0.685. The van der Waals surface area contributed by atoms with E-state index in [9.17, 15) is 9.59 Å². The lowest BCUT2D eigenvalue weighted by molar-refractivity contribution is -0.120. The van der Waals surface area contributed by atoms with Crippen LogP contribution in [0.1, 0.15) is 25.8 Å². The average molecular weight is 421 g/mol. The highest BCUT2D eigenvalue weighted by atomic mass is 16.5. The number of benzene rings is 2. The fourth-order valence-electron chi connectivity index (χ4n) is 4.72. The molecule has 2 aliphatic rings. The molecule has 162 valence electrons. The number of nitrogens with zero attached hydrogens (tertiary/aromatic N) is 2. The largest absolute Gasteiger partial charge is 0.497 e. The Morgan fingerprint density at radius 3 is 2.10 bits per heavy atom. The van der Waals surface area contributed by atoms with Crippen LogP contribution >= 0.6 is 0 Å². The van der Waals surface area contributed by atoms with Gasteiger partial charge >= 0.3 is 0 Å². The number of anilines is 1. The Morgan fingerprint density at radius 1 is 0.839 bits per heavy atom. The summed E-state index contributed by atoms with van der Waals surface area (Å²) in [6.45, 7) is 5.87. The van der Waals surface area contributed by atoms with E-state index in [4.69, 9.17) is 9.47 Å². The summed E-state index contributed by atoms with van der Waals surface area (Å²) < 4.78 is 10.8. The molecule has 0 aliphatic carbocycles. The van der Waals surface area contributed by atoms with E-state index in [1.54, 1.807) is 38.5 Å². The van der Waals surface area contributed by atoms with Crippen LogP contribution in [0.25, 0.3) is 5.57 Å². The number of piperidine rings is 1. The maximum Gasteiger partial charge on any atom is 0.282 e. The molecule has 0 N–H and O–H groups in total. The molecule has 0 radical (unpaired) electrons. The van der Waals surface area contributed by atoms with Crippen LogP contribution in [0.5, 0.6) is 11.5 Å². The van der Waals surface area contributed by atoms with E-state index in [-0.39, 0.29) is 11.8 Å². The van der Waals surface area contributed by atoms with Crippen LogP contribution in [0.3, 0.4) is 0 Å². The van der Waals surface area contributed by atoms with Gasteiger partial charge in [0.15, 0.2) is 0 Å². The molecule has 31 heavy (non-hydrogen) atoms. The third-order valence-electron chi connectivity index (χ3n) is 5.95. The third-order valence-corrected chi connectivity index (χ3v) is 5.95. The summed E-state index contributed by atoms with van der Waals surface area (Å²) >= 11 is 0. The van der Waals surface area contributed by atoms with E-state index in [0.29, 0.717) is 45.9 Å². The van der Waals surface area contributed by atoms with Gasteiger partial charge in [0.2, 0.25) is 0 Å². The number of para-hydroxylation sites is 1. The molecule has 2 heterocycles. The van der Waals surface area contributed by atoms with Crippen molar-refractivity contribution in [2.75, 3.05) is 32.2 Å². The number of carbonyl (C=O) groups excluding carboxylic acids is 2. The highest BCUT2D eigenvalue weighted by molar-refractivity contribution is 6.45. The van der Waals surface area contributed by atoms with E-state index in [1.807, 2.05) is 24.3 Å². The second-order valence-corrected chi connectivity index (χ2v) is 8.42. The van der Waals surface area contributed by atoms with Gasteiger partial charge in [0, 0.05) is 18.7 Å². The lowest BCUT2D eigenvalue weighted by atomic mass is 9.91. The van der Waals surface area contributed by atoms with Gasteiger partial charge in [0.1, 0.15) is 17.2 Å². The first-order valence-electron chi connectivity index (χ1n) is 10.6. The van der Waals surface area contributed by atoms with E-state index < -0.39 is 0 Å². The van der Waals surface area contributed by atoms with Crippen LogP contribution < -0.4 is 14.4 Å². The minimum Gasteiger partial charge on any atom is -0.497 e. The summed E-state index contributed by atoms with van der Waals surface area (Å²) in [6, 6.07) is 14.3. The van der Waals surface area contributed by atoms with Crippen molar-refractivity contribution in [1.82, 2.24) is 4.90 Å². The Kier molecular flexibility index (Phi) is 5.72. The topological polar surface area (TPSA) is 59.1 Å². The molecule has 0 bridgehead atoms. The van der Waals surface area contributed by atoms with Crippen molar-refractivity contribution in [2.24, 2.45) is 11.8 Å². The van der Waals surface area contributed by atoms with Crippen LogP contribution in [0.4, 0.5) is 5.69 Å². The molecular formula is C25H28N2O4. The summed E-state index contributed by atoms with van der Waals surface area (Å²) in [5, 5.41) is 0. The first-order chi connectivity index (χ1) is 14.9. The van der Waals surface area contributed by atoms with Crippen LogP contribution in [-0.4, -0.2) is 44.0 Å². The van der Waals surface area contributed by atoms with Crippen LogP contribution in [-0.2, 0) is 9.59 Å². The van der Waals surface area contributed by atoms with Gasteiger partial charge < -0.3 is 14.4 Å². The van der Waals surface area contributed by atoms with E-state index in [2.05, 4.69) is 18.7 Å². The van der Waals surface area contributed by atoms with Gasteiger partial charge in [-0.25, -0.2) is 4.90 Å². The Balaban J connectivity index is 1.84. The van der Waals surface area contributed by atoms with Crippen LogP contribution in [0, 0.1) is 11.8 Å². The van der Waals surface area contributed by atoms with E-state index in [1.165, 1.54) is 4.90 Å². The van der Waals surface area contributed by atoms with Crippen molar-refractivity contribution < 1.29 is 19.1 Å². The van der Waals surface area contributed by atoms with Crippen molar-refractivity contribution in [3.05, 3.63) is 59.8 Å². The summed E-state index contributed by atoms with van der Waals surface area (Å²) in [7, 11) is 3.16. The molecule has 0 saturated carbocycles. The van der Waals surface area contributed by atoms with Gasteiger partial charge in [-0.05, 0) is 48.6 Å². The number of ether oxygens (including phenoxy) is 2. The lowest BCUT2D eigenvalue weighted by Gasteiger charge is -2.37. The zero-order valence-corrected chi connectivity index (χ0v) is 18.4. The van der Waals surface area contributed by atoms with Crippen molar-refractivity contribution >= 4 is 23.1 Å². The minimum absolute atomic E-state index is 0.294. The molecule has 4 rings (SSSR count). The van der Waals surface area contributed by atoms with Crippen LogP contribution in [0.2, 0.25) is 0 Å². The molecule has 6 nitrogen and oxygen atoms in total. The molecule has 2 aromatic rings. The first-order valence-corrected chi connectivity index (χ1v) is 10.6. The summed E-state index contributed by atoms with van der Waals surface area (Å²) in [6.07, 6.45) is 1.11. The van der Waals surface area contributed by atoms with Gasteiger partial charge in [0.25, 0.3) is 11.8 Å². The van der Waals surface area contributed by atoms with Gasteiger partial charge in [-0.2, -0.15) is 0 Å². The summed E-state index contributed by atoms with van der Waals surface area (Å²) in [4.78, 5) is 30.7. The molecule has 1 saturated heterocycles. The molecule has 2 aliphatic heterocycles. The number of likely N-dealkylation sites (tertiary alicyclic amines) is 1. The molecule has 2 unspecified atom stereocenters. The predicted molar refractivity (Wildman–Crippen MR) is 120 cm³/mol. The zero-order valence-electron chi connectivity index (χ0n) is 18.4. The molecule has 6 heteroatoms. The Hall–Kier alpha value is -3.28. The standard InChI is InChI=1S/C25H28N2O4/c1-16-13-17(2)15-26(14-16)23-22(20-7-5-6-8-21(20)31-4)24(28)27(25(23)29)18-9-11-19(30-3)12-10-18/h5-12,16-17H,13-15H2,1-4H3. The normalized spacial score (nSPS) is 21.7. The van der Waals surface area contributed by atoms with Crippen molar-refractivity contribution in [1.29, 1.82) is 0 Å². The zero-order chi connectivity index (χ0) is 22.1. The van der Waals surface area contributed by atoms with Crippen molar-refractivity contribution in [3.63, 3.8) is 0 Å². The number of rotatable bonds is 5. The Labute approximate surface area is 183 Å². The highest BCUT2D eigenvalue weighted by Gasteiger charge is 2.44. The molecule has 0 spiro atoms. The smallest absolute Gasteiger partial charge is 0.282 e. The molecule has 1 fully saturated rings. The number of carbonyl (C=O) groups is 2. The fraction of sp³-hybridized carbons (Fsp3) is 0.360. The molecular weight excluding hydrogens is 392 g/mol. The average Bonchev–Trinajstić information content (AvgIpc) is 3.03. The third kappa shape index (κ3) is 3.78. The van der Waals surface area contributed by atoms with Gasteiger partial charge in [0.05, 0.1) is 25.5 Å². The maximum atomic E-state index is 13.7. The van der Waals surface area contributed by atoms with Crippen molar-refractivity contribution in [3.8, 4) is 11.5 Å². The van der Waals surface area contributed by atoms with Gasteiger partial charge in [-0.1, -0.05) is 32.0 Å². The molecule has 0 aromatic heterocycles. The number of hydrogen-bond acceptors (Lipinski definition) is 5. The number of amides is 2. The summed E-state index contributed by atoms with van der Waals surface area (Å²) in [5.41, 5.74) is 2.03. The Bertz CT molecular complexity index is 1020. The second-order valence-electron chi connectivity index (χ2n) is 8.42. The van der Waals surface area contributed by atoms with E-state index >= 15 is 0 Å².